The number of benzene rings is 1. The van der Waals surface area contributed by atoms with E-state index in [0.717, 1.165) is 0 Å². The van der Waals surface area contributed by atoms with Gasteiger partial charge in [-0.3, -0.25) is 4.79 Å². The first kappa shape index (κ1) is 10.3. The molecule has 1 N–H and O–H groups in total. The van der Waals surface area contributed by atoms with Crippen LogP contribution < -0.4 is 9.47 Å². The van der Waals surface area contributed by atoms with Crippen molar-refractivity contribution in [2.45, 2.75) is 4.83 Å². The first-order chi connectivity index (χ1) is 7.20. The van der Waals surface area contributed by atoms with Crippen molar-refractivity contribution in [3.63, 3.8) is 0 Å². The van der Waals surface area contributed by atoms with Crippen molar-refractivity contribution in [2.75, 3.05) is 13.2 Å². The number of carbonyl (C=O) groups is 1. The van der Waals surface area contributed by atoms with E-state index in [9.17, 15) is 4.79 Å². The number of alkyl halides is 1. The first-order valence-corrected chi connectivity index (χ1v) is 5.37. The lowest BCUT2D eigenvalue weighted by atomic mass is 10.1. The lowest BCUT2D eigenvalue weighted by Crippen LogP contribution is -2.17. The highest BCUT2D eigenvalue weighted by atomic mass is 79.9. The standard InChI is InChI=1S/C10H9BrO4/c11-8(10(12)13)6-2-1-3-7-9(6)15-5-4-14-7/h1-3,8H,4-5H2,(H,12,13). The van der Waals surface area contributed by atoms with Crippen LogP contribution >= 0.6 is 15.9 Å². The van der Waals surface area contributed by atoms with E-state index in [1.54, 1.807) is 18.2 Å². The number of hydrogen-bond donors (Lipinski definition) is 1. The van der Waals surface area contributed by atoms with Gasteiger partial charge in [0.2, 0.25) is 0 Å². The third-order valence-corrected chi connectivity index (χ3v) is 2.97. The Morgan fingerprint density at radius 1 is 1.40 bits per heavy atom. The average molecular weight is 273 g/mol. The van der Waals surface area contributed by atoms with E-state index < -0.39 is 10.8 Å². The van der Waals surface area contributed by atoms with Crippen LogP contribution in [-0.4, -0.2) is 24.3 Å². The Kier molecular flexibility index (Phi) is 2.81. The van der Waals surface area contributed by atoms with Crippen LogP contribution in [0.3, 0.4) is 0 Å². The largest absolute Gasteiger partial charge is 0.486 e. The van der Waals surface area contributed by atoms with Crippen molar-refractivity contribution < 1.29 is 19.4 Å². The molecule has 0 saturated carbocycles. The second kappa shape index (κ2) is 4.10. The number of aliphatic carboxylic acids is 1. The van der Waals surface area contributed by atoms with Crippen molar-refractivity contribution in [2.24, 2.45) is 0 Å². The van der Waals surface area contributed by atoms with Gasteiger partial charge in [-0.15, -0.1) is 0 Å². The van der Waals surface area contributed by atoms with Crippen LogP contribution in [0.5, 0.6) is 11.5 Å². The maximum absolute atomic E-state index is 10.8. The van der Waals surface area contributed by atoms with Crippen LogP contribution in [0, 0.1) is 0 Å². The molecular weight excluding hydrogens is 264 g/mol. The predicted octanol–water partition coefficient (Wildman–Crippen LogP) is 1.98. The molecule has 0 fully saturated rings. The van der Waals surface area contributed by atoms with Crippen molar-refractivity contribution in [1.82, 2.24) is 0 Å². The summed E-state index contributed by atoms with van der Waals surface area (Å²) in [6, 6.07) is 5.22. The third-order valence-electron chi connectivity index (χ3n) is 2.09. The molecule has 0 radical (unpaired) electrons. The highest BCUT2D eigenvalue weighted by molar-refractivity contribution is 9.09. The fourth-order valence-electron chi connectivity index (χ4n) is 1.43. The zero-order valence-electron chi connectivity index (χ0n) is 7.77. The highest BCUT2D eigenvalue weighted by Crippen LogP contribution is 2.39. The van der Waals surface area contributed by atoms with E-state index >= 15 is 0 Å². The van der Waals surface area contributed by atoms with Crippen LogP contribution in [0.2, 0.25) is 0 Å². The molecule has 1 atom stereocenters. The van der Waals surface area contributed by atoms with E-state index in [1.165, 1.54) is 0 Å². The summed E-state index contributed by atoms with van der Waals surface area (Å²) in [5.41, 5.74) is 0.583. The molecule has 0 aliphatic carbocycles. The third kappa shape index (κ3) is 1.92. The number of rotatable bonds is 2. The van der Waals surface area contributed by atoms with Crippen LogP contribution in [0.1, 0.15) is 10.4 Å². The quantitative estimate of drug-likeness (QED) is 0.837. The smallest absolute Gasteiger partial charge is 0.321 e. The second-order valence-corrected chi connectivity index (χ2v) is 3.99. The number of halogens is 1. The van der Waals surface area contributed by atoms with Gasteiger partial charge in [0.25, 0.3) is 0 Å². The fraction of sp³-hybridized carbons (Fsp3) is 0.300. The molecular formula is C10H9BrO4. The molecule has 1 aromatic carbocycles. The zero-order chi connectivity index (χ0) is 10.8. The van der Waals surface area contributed by atoms with Gasteiger partial charge < -0.3 is 14.6 Å². The summed E-state index contributed by atoms with van der Waals surface area (Å²) in [5, 5.41) is 8.89. The Morgan fingerprint density at radius 2 is 2.13 bits per heavy atom. The lowest BCUT2D eigenvalue weighted by Gasteiger charge is -2.21. The molecule has 80 valence electrons. The molecule has 0 spiro atoms. The maximum atomic E-state index is 10.8. The molecule has 0 aromatic heterocycles. The van der Waals surface area contributed by atoms with Crippen LogP contribution in [0.15, 0.2) is 18.2 Å². The van der Waals surface area contributed by atoms with E-state index in [1.807, 2.05) is 0 Å². The number of para-hydroxylation sites is 1. The molecule has 0 amide bonds. The number of hydrogen-bond acceptors (Lipinski definition) is 3. The molecule has 1 unspecified atom stereocenters. The van der Waals surface area contributed by atoms with Crippen LogP contribution in [0.4, 0.5) is 0 Å². The molecule has 1 aromatic rings. The fourth-order valence-corrected chi connectivity index (χ4v) is 1.79. The monoisotopic (exact) mass is 272 g/mol. The molecule has 2 rings (SSSR count). The number of fused-ring (bicyclic) bond motifs is 1. The molecule has 15 heavy (non-hydrogen) atoms. The summed E-state index contributed by atoms with van der Waals surface area (Å²) in [7, 11) is 0. The van der Waals surface area contributed by atoms with Gasteiger partial charge in [-0.2, -0.15) is 0 Å². The summed E-state index contributed by atoms with van der Waals surface area (Å²) in [6.07, 6.45) is 0. The summed E-state index contributed by atoms with van der Waals surface area (Å²) in [4.78, 5) is 10.1. The van der Waals surface area contributed by atoms with Crippen molar-refractivity contribution in [3.05, 3.63) is 23.8 Å². The van der Waals surface area contributed by atoms with Crippen molar-refractivity contribution >= 4 is 21.9 Å². The normalized spacial score (nSPS) is 15.8. The van der Waals surface area contributed by atoms with Crippen molar-refractivity contribution in [3.8, 4) is 11.5 Å². The molecule has 5 heteroatoms. The van der Waals surface area contributed by atoms with E-state index in [0.29, 0.717) is 30.3 Å². The van der Waals surface area contributed by atoms with Gasteiger partial charge in [0.15, 0.2) is 11.5 Å². The number of carboxylic acid groups (broad SMARTS) is 1. The van der Waals surface area contributed by atoms with E-state index in [-0.39, 0.29) is 0 Å². The Labute approximate surface area is 94.9 Å². The van der Waals surface area contributed by atoms with Crippen molar-refractivity contribution in [1.29, 1.82) is 0 Å². The highest BCUT2D eigenvalue weighted by Gasteiger charge is 2.24. The minimum atomic E-state index is -0.947. The summed E-state index contributed by atoms with van der Waals surface area (Å²) in [6.45, 7) is 0.944. The average Bonchev–Trinajstić information content (AvgIpc) is 2.27. The van der Waals surface area contributed by atoms with Crippen LogP contribution in [-0.2, 0) is 4.79 Å². The molecule has 0 saturated heterocycles. The van der Waals surface area contributed by atoms with E-state index in [4.69, 9.17) is 14.6 Å². The minimum Gasteiger partial charge on any atom is -0.486 e. The number of carboxylic acids is 1. The minimum absolute atomic E-state index is 0.448. The number of ether oxygens (including phenoxy) is 2. The predicted molar refractivity (Wildman–Crippen MR) is 56.7 cm³/mol. The summed E-state index contributed by atoms with van der Waals surface area (Å²) in [5.74, 6) is 0.176. The molecule has 1 heterocycles. The van der Waals surface area contributed by atoms with Gasteiger partial charge in [0, 0.05) is 5.56 Å². The Hall–Kier alpha value is -1.23. The molecule has 1 aliphatic rings. The van der Waals surface area contributed by atoms with E-state index in [2.05, 4.69) is 15.9 Å². The molecule has 0 bridgehead atoms. The van der Waals surface area contributed by atoms with Gasteiger partial charge in [-0.25, -0.2) is 0 Å². The lowest BCUT2D eigenvalue weighted by molar-refractivity contribution is -0.136. The SMILES string of the molecule is O=C(O)C(Br)c1cccc2c1OCCO2. The van der Waals surface area contributed by atoms with Gasteiger partial charge in [-0.05, 0) is 6.07 Å². The van der Waals surface area contributed by atoms with Gasteiger partial charge in [0.1, 0.15) is 18.0 Å². The molecule has 1 aliphatic heterocycles. The Bertz CT molecular complexity index is 391. The molecule has 4 nitrogen and oxygen atoms in total. The van der Waals surface area contributed by atoms with Gasteiger partial charge in [0.05, 0.1) is 0 Å². The topological polar surface area (TPSA) is 55.8 Å². The summed E-state index contributed by atoms with van der Waals surface area (Å²) < 4.78 is 10.8. The van der Waals surface area contributed by atoms with Gasteiger partial charge >= 0.3 is 5.97 Å². The zero-order valence-corrected chi connectivity index (χ0v) is 9.36. The first-order valence-electron chi connectivity index (χ1n) is 4.45. The second-order valence-electron chi connectivity index (χ2n) is 3.07. The van der Waals surface area contributed by atoms with Crippen LogP contribution in [0.25, 0.3) is 0 Å². The van der Waals surface area contributed by atoms with Gasteiger partial charge in [-0.1, -0.05) is 28.1 Å². The Morgan fingerprint density at radius 3 is 2.87 bits per heavy atom. The summed E-state index contributed by atoms with van der Waals surface area (Å²) >= 11 is 3.09. The maximum Gasteiger partial charge on any atom is 0.321 e. The Balaban J connectivity index is 2.43.